The lowest BCUT2D eigenvalue weighted by molar-refractivity contribution is 0.387. The molecule has 1 aliphatic rings. The standard InChI is InChI=1S/C10H15ClN4/c11-10-13-5-3-9(15-10)7-14-8-2-1-4-12-6-8/h3,5,8,12,14H,1-2,4,6-7H2. The topological polar surface area (TPSA) is 49.8 Å². The van der Waals surface area contributed by atoms with E-state index in [1.807, 2.05) is 6.07 Å². The molecule has 5 heteroatoms. The van der Waals surface area contributed by atoms with Crippen molar-refractivity contribution in [1.82, 2.24) is 20.6 Å². The van der Waals surface area contributed by atoms with Gasteiger partial charge in [0.15, 0.2) is 0 Å². The summed E-state index contributed by atoms with van der Waals surface area (Å²) in [5.74, 6) is 0. The number of hydrogen-bond acceptors (Lipinski definition) is 4. The van der Waals surface area contributed by atoms with E-state index in [0.29, 0.717) is 11.3 Å². The highest BCUT2D eigenvalue weighted by Crippen LogP contribution is 2.04. The molecule has 0 aromatic carbocycles. The van der Waals surface area contributed by atoms with E-state index in [2.05, 4.69) is 20.6 Å². The second-order valence-corrected chi connectivity index (χ2v) is 4.08. The quantitative estimate of drug-likeness (QED) is 0.755. The fourth-order valence-corrected chi connectivity index (χ4v) is 1.91. The summed E-state index contributed by atoms with van der Waals surface area (Å²) in [5, 5.41) is 7.13. The zero-order chi connectivity index (χ0) is 10.5. The Bertz CT molecular complexity index is 312. The number of hydrogen-bond donors (Lipinski definition) is 2. The van der Waals surface area contributed by atoms with Crippen molar-refractivity contribution in [2.75, 3.05) is 13.1 Å². The molecule has 2 rings (SSSR count). The van der Waals surface area contributed by atoms with Crippen LogP contribution < -0.4 is 10.6 Å². The van der Waals surface area contributed by atoms with Gasteiger partial charge in [-0.15, -0.1) is 0 Å². The molecule has 0 saturated carbocycles. The van der Waals surface area contributed by atoms with E-state index in [0.717, 1.165) is 25.3 Å². The molecule has 1 atom stereocenters. The Balaban J connectivity index is 1.81. The minimum atomic E-state index is 0.316. The van der Waals surface area contributed by atoms with Crippen LogP contribution in [-0.2, 0) is 6.54 Å². The fraction of sp³-hybridized carbons (Fsp3) is 0.600. The number of nitrogens with zero attached hydrogens (tertiary/aromatic N) is 2. The molecule has 0 aliphatic carbocycles. The van der Waals surface area contributed by atoms with Gasteiger partial charge in [0.1, 0.15) is 0 Å². The third-order valence-electron chi connectivity index (χ3n) is 2.55. The third kappa shape index (κ3) is 3.41. The molecular weight excluding hydrogens is 212 g/mol. The van der Waals surface area contributed by atoms with Crippen molar-refractivity contribution >= 4 is 11.6 Å². The Hall–Kier alpha value is -0.710. The van der Waals surface area contributed by atoms with Crippen LogP contribution in [0.1, 0.15) is 18.5 Å². The molecule has 1 aliphatic heterocycles. The molecule has 2 heterocycles. The number of aromatic nitrogens is 2. The van der Waals surface area contributed by atoms with Crippen LogP contribution in [0.25, 0.3) is 0 Å². The largest absolute Gasteiger partial charge is 0.315 e. The van der Waals surface area contributed by atoms with E-state index >= 15 is 0 Å². The van der Waals surface area contributed by atoms with Gasteiger partial charge in [-0.25, -0.2) is 9.97 Å². The summed E-state index contributed by atoms with van der Waals surface area (Å²) in [5.41, 5.74) is 0.945. The van der Waals surface area contributed by atoms with Crippen molar-refractivity contribution in [3.63, 3.8) is 0 Å². The van der Waals surface area contributed by atoms with Crippen molar-refractivity contribution in [3.8, 4) is 0 Å². The van der Waals surface area contributed by atoms with Crippen molar-refractivity contribution in [1.29, 1.82) is 0 Å². The molecule has 2 N–H and O–H groups in total. The summed E-state index contributed by atoms with van der Waals surface area (Å²) in [7, 11) is 0. The number of piperidine rings is 1. The molecule has 0 spiro atoms. The average Bonchev–Trinajstić information content (AvgIpc) is 2.28. The smallest absolute Gasteiger partial charge is 0.222 e. The van der Waals surface area contributed by atoms with Gasteiger partial charge in [-0.05, 0) is 37.1 Å². The highest BCUT2D eigenvalue weighted by molar-refractivity contribution is 6.28. The van der Waals surface area contributed by atoms with Gasteiger partial charge in [0.2, 0.25) is 5.28 Å². The van der Waals surface area contributed by atoms with Crippen LogP contribution in [0, 0.1) is 0 Å². The Labute approximate surface area is 94.5 Å². The van der Waals surface area contributed by atoms with Crippen molar-refractivity contribution in [3.05, 3.63) is 23.2 Å². The first kappa shape index (κ1) is 10.8. The van der Waals surface area contributed by atoms with Crippen molar-refractivity contribution in [2.24, 2.45) is 0 Å². The normalized spacial score (nSPS) is 21.5. The van der Waals surface area contributed by atoms with Crippen LogP contribution in [0.3, 0.4) is 0 Å². The first-order valence-corrected chi connectivity index (χ1v) is 5.64. The summed E-state index contributed by atoms with van der Waals surface area (Å²) < 4.78 is 0. The molecule has 1 aromatic heterocycles. The van der Waals surface area contributed by atoms with Gasteiger partial charge in [-0.3, -0.25) is 0 Å². The summed E-state index contributed by atoms with van der Waals surface area (Å²) in [4.78, 5) is 7.98. The van der Waals surface area contributed by atoms with Crippen molar-refractivity contribution in [2.45, 2.75) is 25.4 Å². The maximum absolute atomic E-state index is 5.70. The molecular formula is C10H15ClN4. The number of nitrogens with one attached hydrogen (secondary N) is 2. The van der Waals surface area contributed by atoms with E-state index in [4.69, 9.17) is 11.6 Å². The minimum absolute atomic E-state index is 0.316. The third-order valence-corrected chi connectivity index (χ3v) is 2.73. The Kier molecular flexibility index (Phi) is 3.88. The minimum Gasteiger partial charge on any atom is -0.315 e. The lowest BCUT2D eigenvalue weighted by atomic mass is 10.1. The first-order valence-electron chi connectivity index (χ1n) is 5.26. The second-order valence-electron chi connectivity index (χ2n) is 3.74. The summed E-state index contributed by atoms with van der Waals surface area (Å²) in [6.07, 6.45) is 4.15. The Morgan fingerprint density at radius 2 is 2.53 bits per heavy atom. The van der Waals surface area contributed by atoms with Crippen LogP contribution in [0.4, 0.5) is 0 Å². The molecule has 0 radical (unpaired) electrons. The van der Waals surface area contributed by atoms with Crippen LogP contribution in [0.15, 0.2) is 12.3 Å². The molecule has 82 valence electrons. The Morgan fingerprint density at radius 1 is 1.60 bits per heavy atom. The molecule has 1 aromatic rings. The lowest BCUT2D eigenvalue weighted by Gasteiger charge is -2.23. The summed E-state index contributed by atoms with van der Waals surface area (Å²) in [6, 6.07) is 2.43. The molecule has 4 nitrogen and oxygen atoms in total. The van der Waals surface area contributed by atoms with Crippen molar-refractivity contribution < 1.29 is 0 Å². The zero-order valence-corrected chi connectivity index (χ0v) is 9.30. The molecule has 0 amide bonds. The number of halogens is 1. The lowest BCUT2D eigenvalue weighted by Crippen LogP contribution is -2.42. The van der Waals surface area contributed by atoms with Gasteiger partial charge in [-0.2, -0.15) is 0 Å². The average molecular weight is 227 g/mol. The van der Waals surface area contributed by atoms with Gasteiger partial charge < -0.3 is 10.6 Å². The predicted molar refractivity (Wildman–Crippen MR) is 59.8 cm³/mol. The van der Waals surface area contributed by atoms with Crippen LogP contribution in [0.2, 0.25) is 5.28 Å². The molecule has 1 saturated heterocycles. The van der Waals surface area contributed by atoms with Gasteiger partial charge in [0, 0.05) is 25.3 Å². The molecule has 1 fully saturated rings. The molecule has 0 bridgehead atoms. The maximum atomic E-state index is 5.70. The van der Waals surface area contributed by atoms with Gasteiger partial charge >= 0.3 is 0 Å². The van der Waals surface area contributed by atoms with E-state index in [1.165, 1.54) is 12.8 Å². The van der Waals surface area contributed by atoms with E-state index in [1.54, 1.807) is 6.20 Å². The highest BCUT2D eigenvalue weighted by atomic mass is 35.5. The van der Waals surface area contributed by atoms with Crippen LogP contribution in [0.5, 0.6) is 0 Å². The summed E-state index contributed by atoms with van der Waals surface area (Å²) in [6.45, 7) is 2.94. The maximum Gasteiger partial charge on any atom is 0.222 e. The second kappa shape index (κ2) is 5.39. The predicted octanol–water partition coefficient (Wildman–Crippen LogP) is 0.972. The van der Waals surface area contributed by atoms with Crippen LogP contribution >= 0.6 is 11.6 Å². The molecule has 1 unspecified atom stereocenters. The van der Waals surface area contributed by atoms with Gasteiger partial charge in [-0.1, -0.05) is 0 Å². The first-order chi connectivity index (χ1) is 7.34. The monoisotopic (exact) mass is 226 g/mol. The van der Waals surface area contributed by atoms with Crippen LogP contribution in [-0.4, -0.2) is 29.1 Å². The number of rotatable bonds is 3. The fourth-order valence-electron chi connectivity index (χ4n) is 1.74. The van der Waals surface area contributed by atoms with E-state index in [-0.39, 0.29) is 0 Å². The highest BCUT2D eigenvalue weighted by Gasteiger charge is 2.11. The zero-order valence-electron chi connectivity index (χ0n) is 8.54. The van der Waals surface area contributed by atoms with E-state index < -0.39 is 0 Å². The van der Waals surface area contributed by atoms with Gasteiger partial charge in [0.05, 0.1) is 5.69 Å². The molecule has 15 heavy (non-hydrogen) atoms. The Morgan fingerprint density at radius 3 is 3.27 bits per heavy atom. The van der Waals surface area contributed by atoms with Gasteiger partial charge in [0.25, 0.3) is 0 Å². The SMILES string of the molecule is Clc1nccc(CNC2CCCNC2)n1. The summed E-state index contributed by atoms with van der Waals surface area (Å²) >= 11 is 5.70. The van der Waals surface area contributed by atoms with E-state index in [9.17, 15) is 0 Å².